The summed E-state index contributed by atoms with van der Waals surface area (Å²) in [5.41, 5.74) is 6.30. The second-order valence-electron chi connectivity index (χ2n) is 7.10. The summed E-state index contributed by atoms with van der Waals surface area (Å²) in [4.78, 5) is 16.7. The smallest absolute Gasteiger partial charge is 0.322 e. The summed E-state index contributed by atoms with van der Waals surface area (Å²) >= 11 is 5.05. The van der Waals surface area contributed by atoms with Crippen molar-refractivity contribution in [2.45, 2.75) is 64.2 Å². The number of carbonyl (C=O) groups is 1. The van der Waals surface area contributed by atoms with E-state index in [4.69, 9.17) is 22.7 Å². The van der Waals surface area contributed by atoms with Crippen LogP contribution in [-0.2, 0) is 9.53 Å². The van der Waals surface area contributed by atoms with Gasteiger partial charge in [-0.1, -0.05) is 63.7 Å². The summed E-state index contributed by atoms with van der Waals surface area (Å²) < 4.78 is 5.55. The van der Waals surface area contributed by atoms with Gasteiger partial charge in [-0.3, -0.25) is 9.78 Å². The van der Waals surface area contributed by atoms with Gasteiger partial charge in [0.15, 0.2) is 0 Å². The number of ether oxygens (including phenoxy) is 1. The molecule has 0 saturated heterocycles. The van der Waals surface area contributed by atoms with Crippen LogP contribution in [0.15, 0.2) is 24.4 Å². The van der Waals surface area contributed by atoms with Crippen molar-refractivity contribution >= 4 is 23.2 Å². The van der Waals surface area contributed by atoms with Crippen LogP contribution in [0.5, 0.6) is 0 Å². The number of carbonyl (C=O) groups excluding carboxylic acids is 1. The summed E-state index contributed by atoms with van der Waals surface area (Å²) in [5, 5.41) is 0. The Morgan fingerprint density at radius 1 is 1.28 bits per heavy atom. The minimum Gasteiger partial charge on any atom is -0.465 e. The van der Waals surface area contributed by atoms with E-state index in [9.17, 15) is 4.79 Å². The lowest BCUT2D eigenvalue weighted by atomic mass is 9.80. The van der Waals surface area contributed by atoms with Crippen molar-refractivity contribution < 1.29 is 9.53 Å². The monoisotopic (exact) mass is 362 g/mol. The Balaban J connectivity index is 1.77. The summed E-state index contributed by atoms with van der Waals surface area (Å²) in [5.74, 6) is 0.191. The highest BCUT2D eigenvalue weighted by Gasteiger charge is 2.28. The number of esters is 1. The summed E-state index contributed by atoms with van der Waals surface area (Å²) in [7, 11) is 0. The fourth-order valence-corrected chi connectivity index (χ4v) is 3.80. The van der Waals surface area contributed by atoms with Gasteiger partial charge < -0.3 is 10.5 Å². The lowest BCUT2D eigenvalue weighted by Crippen LogP contribution is -2.30. The third-order valence-electron chi connectivity index (χ3n) is 5.15. The minimum atomic E-state index is -0.749. The van der Waals surface area contributed by atoms with Gasteiger partial charge in [-0.15, -0.1) is 0 Å². The maximum absolute atomic E-state index is 12.4. The molecule has 1 unspecified atom stereocenters. The molecule has 25 heavy (non-hydrogen) atoms. The van der Waals surface area contributed by atoms with Gasteiger partial charge >= 0.3 is 5.97 Å². The van der Waals surface area contributed by atoms with E-state index in [-0.39, 0.29) is 11.0 Å². The van der Waals surface area contributed by atoms with Crippen molar-refractivity contribution in [1.29, 1.82) is 0 Å². The fraction of sp³-hybridized carbons (Fsp3) is 0.650. The van der Waals surface area contributed by atoms with Crippen LogP contribution in [0.4, 0.5) is 0 Å². The zero-order valence-corrected chi connectivity index (χ0v) is 16.0. The van der Waals surface area contributed by atoms with Crippen LogP contribution < -0.4 is 5.73 Å². The number of rotatable bonds is 9. The quantitative estimate of drug-likeness (QED) is 0.401. The molecule has 2 N–H and O–H groups in total. The predicted octanol–water partition coefficient (Wildman–Crippen LogP) is 4.38. The maximum atomic E-state index is 12.4. The molecule has 0 aromatic carbocycles. The van der Waals surface area contributed by atoms with E-state index in [0.29, 0.717) is 18.2 Å². The number of nitrogens with zero attached hydrogens (tertiary/aromatic N) is 1. The molecule has 2 rings (SSSR count). The van der Waals surface area contributed by atoms with Gasteiger partial charge in [0.25, 0.3) is 0 Å². The van der Waals surface area contributed by atoms with E-state index < -0.39 is 5.92 Å². The largest absolute Gasteiger partial charge is 0.465 e. The average Bonchev–Trinajstić information content (AvgIpc) is 2.62. The number of unbranched alkanes of at least 4 members (excludes halogenated alkanes) is 2. The van der Waals surface area contributed by atoms with Gasteiger partial charge in [0.1, 0.15) is 5.92 Å². The second-order valence-corrected chi connectivity index (χ2v) is 7.57. The first-order chi connectivity index (χ1) is 12.1. The molecule has 0 bridgehead atoms. The lowest BCUT2D eigenvalue weighted by molar-refractivity contribution is -0.145. The highest BCUT2D eigenvalue weighted by atomic mass is 32.1. The molecule has 1 atom stereocenters. The Kier molecular flexibility index (Phi) is 8.32. The van der Waals surface area contributed by atoms with Crippen molar-refractivity contribution in [1.82, 2.24) is 4.98 Å². The molecular weight excluding hydrogens is 332 g/mol. The number of nitrogens with two attached hydrogens (primary N) is 1. The van der Waals surface area contributed by atoms with Crippen molar-refractivity contribution in [2.24, 2.45) is 17.6 Å². The van der Waals surface area contributed by atoms with E-state index in [1.54, 1.807) is 18.3 Å². The van der Waals surface area contributed by atoms with Crippen molar-refractivity contribution in [3.63, 3.8) is 0 Å². The lowest BCUT2D eigenvalue weighted by Gasteiger charge is -2.28. The molecule has 0 radical (unpaired) electrons. The first-order valence-electron chi connectivity index (χ1n) is 9.48. The Morgan fingerprint density at radius 2 is 2.00 bits per heavy atom. The van der Waals surface area contributed by atoms with Crippen molar-refractivity contribution in [2.75, 3.05) is 6.61 Å². The topological polar surface area (TPSA) is 65.2 Å². The number of hydrogen-bond donors (Lipinski definition) is 1. The second kappa shape index (κ2) is 10.5. The molecule has 4 nitrogen and oxygen atoms in total. The Labute approximate surface area is 156 Å². The highest BCUT2D eigenvalue weighted by molar-refractivity contribution is 7.80. The predicted molar refractivity (Wildman–Crippen MR) is 104 cm³/mol. The molecule has 5 heteroatoms. The van der Waals surface area contributed by atoms with Crippen LogP contribution in [0.25, 0.3) is 0 Å². The molecule has 1 aromatic heterocycles. The van der Waals surface area contributed by atoms with Crippen LogP contribution >= 0.6 is 12.2 Å². The molecule has 1 aromatic rings. The van der Waals surface area contributed by atoms with Crippen LogP contribution in [0, 0.1) is 11.8 Å². The molecule has 1 saturated carbocycles. The molecular formula is C20H30N2O2S. The van der Waals surface area contributed by atoms with Gasteiger partial charge in [-0.2, -0.15) is 0 Å². The van der Waals surface area contributed by atoms with Gasteiger partial charge in [-0.25, -0.2) is 0 Å². The standard InChI is InChI=1S/C20H30N2O2S/c1-2-3-4-7-15-9-11-16(12-10-15)14-24-20(23)18(19(21)25)17-8-5-6-13-22-17/h5-6,8,13,15-16,18H,2-4,7,9-12,14H2,1H3,(H2,21,25). The summed E-state index contributed by atoms with van der Waals surface area (Å²) in [6.07, 6.45) is 11.8. The molecule has 0 amide bonds. The highest BCUT2D eigenvalue weighted by Crippen LogP contribution is 2.32. The normalized spacial score (nSPS) is 21.5. The van der Waals surface area contributed by atoms with Gasteiger partial charge in [-0.05, 0) is 36.8 Å². The van der Waals surface area contributed by atoms with Crippen LogP contribution in [0.2, 0.25) is 0 Å². The van der Waals surface area contributed by atoms with Crippen LogP contribution in [0.1, 0.15) is 69.9 Å². The zero-order valence-electron chi connectivity index (χ0n) is 15.2. The van der Waals surface area contributed by atoms with E-state index >= 15 is 0 Å². The van der Waals surface area contributed by atoms with Crippen molar-refractivity contribution in [3.05, 3.63) is 30.1 Å². The SMILES string of the molecule is CCCCCC1CCC(COC(=O)C(C(N)=S)c2ccccn2)CC1. The number of thiocarbonyl (C=S) groups is 1. The van der Waals surface area contributed by atoms with Crippen LogP contribution in [-0.4, -0.2) is 22.5 Å². The van der Waals surface area contributed by atoms with E-state index in [2.05, 4.69) is 11.9 Å². The number of pyridine rings is 1. The average molecular weight is 363 g/mol. The van der Waals surface area contributed by atoms with Gasteiger partial charge in [0.2, 0.25) is 0 Å². The minimum absolute atomic E-state index is 0.114. The Bertz CT molecular complexity index is 542. The third kappa shape index (κ3) is 6.38. The van der Waals surface area contributed by atoms with E-state index in [1.807, 2.05) is 6.07 Å². The van der Waals surface area contributed by atoms with E-state index in [1.165, 1.54) is 38.5 Å². The zero-order chi connectivity index (χ0) is 18.1. The summed E-state index contributed by atoms with van der Waals surface area (Å²) in [6.45, 7) is 2.71. The molecule has 1 fully saturated rings. The molecule has 138 valence electrons. The number of aromatic nitrogens is 1. The Hall–Kier alpha value is -1.49. The first kappa shape index (κ1) is 19.8. The molecule has 0 spiro atoms. The third-order valence-corrected chi connectivity index (χ3v) is 5.38. The van der Waals surface area contributed by atoms with Gasteiger partial charge in [0.05, 0.1) is 17.3 Å². The van der Waals surface area contributed by atoms with Crippen molar-refractivity contribution in [3.8, 4) is 0 Å². The molecule has 1 aliphatic carbocycles. The number of hydrogen-bond acceptors (Lipinski definition) is 4. The molecule has 0 aliphatic heterocycles. The molecule has 1 heterocycles. The Morgan fingerprint density at radius 3 is 2.60 bits per heavy atom. The fourth-order valence-electron chi connectivity index (χ4n) is 3.58. The molecule has 1 aliphatic rings. The van der Waals surface area contributed by atoms with Gasteiger partial charge in [0, 0.05) is 6.20 Å². The maximum Gasteiger partial charge on any atom is 0.322 e. The summed E-state index contributed by atoms with van der Waals surface area (Å²) in [6, 6.07) is 5.37. The van der Waals surface area contributed by atoms with Crippen LogP contribution in [0.3, 0.4) is 0 Å². The van der Waals surface area contributed by atoms with E-state index in [0.717, 1.165) is 18.8 Å². The first-order valence-corrected chi connectivity index (χ1v) is 9.89.